The van der Waals surface area contributed by atoms with Crippen molar-refractivity contribution in [1.29, 1.82) is 0 Å². The van der Waals surface area contributed by atoms with Crippen molar-refractivity contribution in [3.63, 3.8) is 0 Å². The molecule has 6 nitrogen and oxygen atoms in total. The van der Waals surface area contributed by atoms with Crippen molar-refractivity contribution < 1.29 is 14.3 Å². The van der Waals surface area contributed by atoms with E-state index >= 15 is 0 Å². The number of amides is 1. The monoisotopic (exact) mass is 457 g/mol. The maximum absolute atomic E-state index is 11.4. The molecule has 1 amide bonds. The Morgan fingerprint density at radius 1 is 1.09 bits per heavy atom. The Kier molecular flexibility index (Phi) is 8.03. The second-order valence-corrected chi connectivity index (χ2v) is 9.11. The number of para-hydroxylation sites is 2. The lowest BCUT2D eigenvalue weighted by Gasteiger charge is -2.40. The van der Waals surface area contributed by atoms with Crippen LogP contribution in [0.15, 0.2) is 48.5 Å². The molecule has 0 aliphatic carbocycles. The Balaban J connectivity index is 1.24. The fraction of sp³-hybridized carbons (Fsp3) is 0.480. The molecule has 7 heteroatoms. The van der Waals surface area contributed by atoms with Crippen molar-refractivity contribution in [2.45, 2.75) is 32.4 Å². The molecule has 2 saturated heterocycles. The summed E-state index contributed by atoms with van der Waals surface area (Å²) in [7, 11) is 0. The predicted octanol–water partition coefficient (Wildman–Crippen LogP) is 4.25. The summed E-state index contributed by atoms with van der Waals surface area (Å²) in [6.45, 7) is 7.62. The number of ether oxygens (including phenoxy) is 2. The van der Waals surface area contributed by atoms with Crippen molar-refractivity contribution in [3.8, 4) is 5.75 Å². The summed E-state index contributed by atoms with van der Waals surface area (Å²) < 4.78 is 12.2. The SMILES string of the molecule is CC(=O)Nc1ccccc1OCN1CCO[C@H](C2CCN(Cc3ccc(Cl)cc3)CC2)C1. The molecule has 2 fully saturated rings. The Morgan fingerprint density at radius 3 is 2.59 bits per heavy atom. The third kappa shape index (κ3) is 6.45. The highest BCUT2D eigenvalue weighted by molar-refractivity contribution is 6.30. The molecule has 4 rings (SSSR count). The molecule has 1 N–H and O–H groups in total. The second kappa shape index (κ2) is 11.1. The number of benzene rings is 2. The first-order chi connectivity index (χ1) is 15.6. The molecule has 2 aromatic rings. The Bertz CT molecular complexity index is 884. The number of rotatable bonds is 7. The molecule has 32 heavy (non-hydrogen) atoms. The Labute approximate surface area is 195 Å². The third-order valence-corrected chi connectivity index (χ3v) is 6.51. The zero-order valence-corrected chi connectivity index (χ0v) is 19.4. The van der Waals surface area contributed by atoms with E-state index in [1.807, 2.05) is 36.4 Å². The van der Waals surface area contributed by atoms with Gasteiger partial charge in [0.25, 0.3) is 0 Å². The van der Waals surface area contributed by atoms with Gasteiger partial charge in [-0.1, -0.05) is 35.9 Å². The minimum absolute atomic E-state index is 0.102. The van der Waals surface area contributed by atoms with Crippen LogP contribution in [0.5, 0.6) is 5.75 Å². The summed E-state index contributed by atoms with van der Waals surface area (Å²) in [4.78, 5) is 16.2. The van der Waals surface area contributed by atoms with Crippen LogP contribution < -0.4 is 10.1 Å². The van der Waals surface area contributed by atoms with Crippen LogP contribution in [0.2, 0.25) is 5.02 Å². The van der Waals surface area contributed by atoms with Crippen LogP contribution in [0.4, 0.5) is 5.69 Å². The summed E-state index contributed by atoms with van der Waals surface area (Å²) in [5, 5.41) is 3.61. The van der Waals surface area contributed by atoms with E-state index in [1.165, 1.54) is 12.5 Å². The van der Waals surface area contributed by atoms with Gasteiger partial charge < -0.3 is 14.8 Å². The van der Waals surface area contributed by atoms with E-state index in [0.29, 0.717) is 24.1 Å². The highest BCUT2D eigenvalue weighted by Crippen LogP contribution is 2.27. The zero-order chi connectivity index (χ0) is 22.3. The molecule has 0 saturated carbocycles. The smallest absolute Gasteiger partial charge is 0.221 e. The fourth-order valence-corrected chi connectivity index (χ4v) is 4.64. The second-order valence-electron chi connectivity index (χ2n) is 8.68. The van der Waals surface area contributed by atoms with Crippen LogP contribution in [0.3, 0.4) is 0 Å². The number of hydrogen-bond donors (Lipinski definition) is 1. The Hall–Kier alpha value is -2.12. The molecule has 2 aliphatic heterocycles. The first-order valence-corrected chi connectivity index (χ1v) is 11.7. The summed E-state index contributed by atoms with van der Waals surface area (Å²) in [6, 6.07) is 15.7. The number of carbonyl (C=O) groups excluding carboxylic acids is 1. The average Bonchev–Trinajstić information content (AvgIpc) is 2.80. The van der Waals surface area contributed by atoms with E-state index in [9.17, 15) is 4.79 Å². The van der Waals surface area contributed by atoms with E-state index in [2.05, 4.69) is 27.2 Å². The fourth-order valence-electron chi connectivity index (χ4n) is 4.51. The summed E-state index contributed by atoms with van der Waals surface area (Å²) in [5.41, 5.74) is 2.02. The first-order valence-electron chi connectivity index (χ1n) is 11.4. The molecule has 0 unspecified atom stereocenters. The molecule has 0 bridgehead atoms. The molecule has 0 aromatic heterocycles. The maximum Gasteiger partial charge on any atom is 0.221 e. The molecule has 0 radical (unpaired) electrons. The first kappa shape index (κ1) is 23.1. The van der Waals surface area contributed by atoms with Crippen molar-refractivity contribution in [2.24, 2.45) is 5.92 Å². The summed E-state index contributed by atoms with van der Waals surface area (Å²) >= 11 is 6.00. The van der Waals surface area contributed by atoms with Gasteiger partial charge in [-0.2, -0.15) is 0 Å². The molecule has 172 valence electrons. The van der Waals surface area contributed by atoms with Gasteiger partial charge in [-0.3, -0.25) is 14.6 Å². The van der Waals surface area contributed by atoms with Crippen LogP contribution in [0.1, 0.15) is 25.3 Å². The molecule has 0 spiro atoms. The minimum Gasteiger partial charge on any atom is -0.476 e. The van der Waals surface area contributed by atoms with Crippen LogP contribution in [0, 0.1) is 5.92 Å². The van der Waals surface area contributed by atoms with Gasteiger partial charge in [0.2, 0.25) is 5.91 Å². The number of likely N-dealkylation sites (tertiary alicyclic amines) is 1. The predicted molar refractivity (Wildman–Crippen MR) is 127 cm³/mol. The van der Waals surface area contributed by atoms with Gasteiger partial charge in [-0.25, -0.2) is 0 Å². The van der Waals surface area contributed by atoms with E-state index in [4.69, 9.17) is 21.1 Å². The third-order valence-electron chi connectivity index (χ3n) is 6.26. The average molecular weight is 458 g/mol. The number of halogens is 1. The van der Waals surface area contributed by atoms with Gasteiger partial charge in [-0.05, 0) is 61.7 Å². The molecule has 2 heterocycles. The van der Waals surface area contributed by atoms with E-state index in [1.54, 1.807) is 0 Å². The molecule has 2 aromatic carbocycles. The molecule has 2 aliphatic rings. The van der Waals surface area contributed by atoms with Gasteiger partial charge in [0.05, 0.1) is 18.4 Å². The van der Waals surface area contributed by atoms with Gasteiger partial charge in [0.15, 0.2) is 0 Å². The Morgan fingerprint density at radius 2 is 1.84 bits per heavy atom. The van der Waals surface area contributed by atoms with E-state index < -0.39 is 0 Å². The quantitative estimate of drug-likeness (QED) is 0.673. The van der Waals surface area contributed by atoms with Gasteiger partial charge in [0.1, 0.15) is 12.5 Å². The highest BCUT2D eigenvalue weighted by atomic mass is 35.5. The molecular weight excluding hydrogens is 426 g/mol. The maximum atomic E-state index is 11.4. The molecular formula is C25H32ClN3O3. The van der Waals surface area contributed by atoms with Gasteiger partial charge in [-0.15, -0.1) is 0 Å². The standard InChI is InChI=1S/C25H32ClN3O3/c1-19(30)27-23-4-2-3-5-24(23)32-18-29-14-15-31-25(17-29)21-10-12-28(13-11-21)16-20-6-8-22(26)9-7-20/h2-9,21,25H,10-18H2,1H3,(H,27,30)/t25-/m0/s1. The lowest BCUT2D eigenvalue weighted by atomic mass is 9.90. The highest BCUT2D eigenvalue weighted by Gasteiger charge is 2.31. The van der Waals surface area contributed by atoms with Crippen molar-refractivity contribution in [2.75, 3.05) is 44.8 Å². The van der Waals surface area contributed by atoms with E-state index in [0.717, 1.165) is 57.2 Å². The molecule has 1 atom stereocenters. The topological polar surface area (TPSA) is 54.0 Å². The van der Waals surface area contributed by atoms with E-state index in [-0.39, 0.29) is 12.0 Å². The number of nitrogens with zero attached hydrogens (tertiary/aromatic N) is 2. The van der Waals surface area contributed by atoms with Crippen molar-refractivity contribution >= 4 is 23.2 Å². The number of hydrogen-bond acceptors (Lipinski definition) is 5. The lowest BCUT2D eigenvalue weighted by molar-refractivity contribution is -0.114. The van der Waals surface area contributed by atoms with Crippen molar-refractivity contribution in [3.05, 3.63) is 59.1 Å². The lowest BCUT2D eigenvalue weighted by Crippen LogP contribution is -2.49. The van der Waals surface area contributed by atoms with Gasteiger partial charge >= 0.3 is 0 Å². The minimum atomic E-state index is -0.102. The van der Waals surface area contributed by atoms with Crippen LogP contribution in [0.25, 0.3) is 0 Å². The number of carbonyl (C=O) groups is 1. The van der Waals surface area contributed by atoms with Crippen molar-refractivity contribution in [1.82, 2.24) is 9.80 Å². The van der Waals surface area contributed by atoms with Gasteiger partial charge in [0, 0.05) is 31.6 Å². The van der Waals surface area contributed by atoms with Crippen LogP contribution in [-0.2, 0) is 16.1 Å². The number of piperidine rings is 1. The number of anilines is 1. The van der Waals surface area contributed by atoms with Crippen LogP contribution >= 0.6 is 11.6 Å². The van der Waals surface area contributed by atoms with Crippen LogP contribution in [-0.4, -0.2) is 61.3 Å². The number of morpholine rings is 1. The number of nitrogens with one attached hydrogen (secondary N) is 1. The zero-order valence-electron chi connectivity index (χ0n) is 18.6. The largest absolute Gasteiger partial charge is 0.476 e. The normalized spacial score (nSPS) is 20.8. The summed E-state index contributed by atoms with van der Waals surface area (Å²) in [5.74, 6) is 1.17. The summed E-state index contributed by atoms with van der Waals surface area (Å²) in [6.07, 6.45) is 2.55.